The number of hydrogen-bond acceptors (Lipinski definition) is 4. The second-order valence-electron chi connectivity index (χ2n) is 6.82. The number of carbonyl (C=O) groups is 2. The van der Waals surface area contributed by atoms with Crippen molar-refractivity contribution in [2.75, 3.05) is 33.2 Å². The Morgan fingerprint density at radius 1 is 1.00 bits per heavy atom. The summed E-state index contributed by atoms with van der Waals surface area (Å²) in [6.07, 6.45) is 0.873. The van der Waals surface area contributed by atoms with Gasteiger partial charge in [0, 0.05) is 33.0 Å². The third kappa shape index (κ3) is 6.32. The lowest BCUT2D eigenvalue weighted by Gasteiger charge is -2.24. The van der Waals surface area contributed by atoms with Gasteiger partial charge in [-0.15, -0.1) is 0 Å². The summed E-state index contributed by atoms with van der Waals surface area (Å²) in [5, 5.41) is 0. The quantitative estimate of drug-likeness (QED) is 0.750. The molecule has 1 aliphatic rings. The number of nitrogens with one attached hydrogen (secondary N) is 1. The molecule has 1 saturated heterocycles. The van der Waals surface area contributed by atoms with Crippen molar-refractivity contribution in [2.24, 2.45) is 11.8 Å². The molecule has 1 heterocycles. The van der Waals surface area contributed by atoms with Crippen molar-refractivity contribution in [3.05, 3.63) is 0 Å². The third-order valence-corrected chi connectivity index (χ3v) is 3.64. The first kappa shape index (κ1) is 18.9. The summed E-state index contributed by atoms with van der Waals surface area (Å²) in [7, 11) is 1.70. The highest BCUT2D eigenvalue weighted by Gasteiger charge is 2.28. The van der Waals surface area contributed by atoms with Gasteiger partial charge in [0.05, 0.1) is 13.1 Å². The van der Waals surface area contributed by atoms with Crippen LogP contribution in [0.1, 0.15) is 40.5 Å². The number of rotatable bonds is 6. The van der Waals surface area contributed by atoms with Gasteiger partial charge in [0.1, 0.15) is 6.10 Å². The van der Waals surface area contributed by atoms with Gasteiger partial charge in [0.2, 0.25) is 11.8 Å². The molecule has 0 saturated carbocycles. The number of hydrogen-bond donors (Lipinski definition) is 1. The molecule has 1 N–H and O–H groups in total. The Bertz CT molecular complexity index is 340. The molecule has 6 nitrogen and oxygen atoms in total. The van der Waals surface area contributed by atoms with E-state index in [-0.39, 0.29) is 17.9 Å². The Labute approximate surface area is 134 Å². The predicted octanol–water partition coefficient (Wildman–Crippen LogP) is 1.27. The van der Waals surface area contributed by atoms with Gasteiger partial charge in [-0.05, 0) is 11.8 Å². The molecule has 0 bridgehead atoms. The van der Waals surface area contributed by atoms with E-state index in [9.17, 15) is 9.59 Å². The molecular weight excluding hydrogens is 282 g/mol. The normalized spacial score (nSPS) is 17.2. The minimum atomic E-state index is -0.195. The van der Waals surface area contributed by atoms with Crippen LogP contribution in [0.5, 0.6) is 0 Å². The Kier molecular flexibility index (Phi) is 7.82. The van der Waals surface area contributed by atoms with Gasteiger partial charge in [0.15, 0.2) is 0 Å². The molecule has 0 radical (unpaired) electrons. The Morgan fingerprint density at radius 3 is 1.73 bits per heavy atom. The van der Waals surface area contributed by atoms with Gasteiger partial charge in [0.25, 0.3) is 0 Å². The molecule has 0 aromatic rings. The van der Waals surface area contributed by atoms with Crippen LogP contribution in [0, 0.1) is 11.8 Å². The van der Waals surface area contributed by atoms with Crippen molar-refractivity contribution in [3.8, 4) is 0 Å². The lowest BCUT2D eigenvalue weighted by molar-refractivity contribution is -0.134. The van der Waals surface area contributed by atoms with E-state index in [2.05, 4.69) is 5.48 Å². The van der Waals surface area contributed by atoms with Gasteiger partial charge in [-0.25, -0.2) is 5.48 Å². The second-order valence-corrected chi connectivity index (χ2v) is 6.82. The molecule has 0 unspecified atom stereocenters. The zero-order valence-corrected chi connectivity index (χ0v) is 14.6. The summed E-state index contributed by atoms with van der Waals surface area (Å²) < 4.78 is 0. The Morgan fingerprint density at radius 2 is 1.41 bits per heavy atom. The molecule has 1 rings (SSSR count). The smallest absolute Gasteiger partial charge is 0.222 e. The van der Waals surface area contributed by atoms with Gasteiger partial charge >= 0.3 is 0 Å². The van der Waals surface area contributed by atoms with Crippen LogP contribution in [0.2, 0.25) is 0 Å². The fourth-order valence-corrected chi connectivity index (χ4v) is 2.62. The maximum atomic E-state index is 12.3. The summed E-state index contributed by atoms with van der Waals surface area (Å²) in [6, 6.07) is 0. The lowest BCUT2D eigenvalue weighted by Crippen LogP contribution is -2.41. The largest absolute Gasteiger partial charge is 0.338 e. The molecule has 6 heteroatoms. The standard InChI is InChI=1S/C16H31N3O3/c1-12(2)8-15(20)18-6-7-19(16(21)9-13(3)4)11-14(10-18)22-17-5/h12-14,17H,6-11H2,1-5H3. The van der Waals surface area contributed by atoms with Crippen LogP contribution in [0.4, 0.5) is 0 Å². The molecule has 0 aromatic heterocycles. The zero-order valence-electron chi connectivity index (χ0n) is 14.6. The second kappa shape index (κ2) is 9.10. The molecule has 0 aromatic carbocycles. The minimum absolute atomic E-state index is 0.137. The first-order chi connectivity index (χ1) is 10.3. The lowest BCUT2D eigenvalue weighted by atomic mass is 10.1. The van der Waals surface area contributed by atoms with E-state index in [1.54, 1.807) is 7.05 Å². The third-order valence-electron chi connectivity index (χ3n) is 3.64. The molecule has 2 amide bonds. The van der Waals surface area contributed by atoms with Gasteiger partial charge < -0.3 is 9.80 Å². The van der Waals surface area contributed by atoms with Crippen molar-refractivity contribution in [3.63, 3.8) is 0 Å². The van der Waals surface area contributed by atoms with E-state index in [0.717, 1.165) is 0 Å². The predicted molar refractivity (Wildman–Crippen MR) is 86.0 cm³/mol. The van der Waals surface area contributed by atoms with Crippen LogP contribution in [-0.2, 0) is 14.4 Å². The number of carbonyl (C=O) groups excluding carboxylic acids is 2. The molecule has 0 spiro atoms. The first-order valence-electron chi connectivity index (χ1n) is 8.21. The topological polar surface area (TPSA) is 61.9 Å². The van der Waals surface area contributed by atoms with Crippen LogP contribution >= 0.6 is 0 Å². The van der Waals surface area contributed by atoms with E-state index in [1.165, 1.54) is 0 Å². The monoisotopic (exact) mass is 313 g/mol. The van der Waals surface area contributed by atoms with E-state index < -0.39 is 0 Å². The Balaban J connectivity index is 2.72. The van der Waals surface area contributed by atoms with Crippen LogP contribution < -0.4 is 5.48 Å². The first-order valence-corrected chi connectivity index (χ1v) is 8.21. The molecular formula is C16H31N3O3. The van der Waals surface area contributed by atoms with E-state index in [4.69, 9.17) is 4.84 Å². The fourth-order valence-electron chi connectivity index (χ4n) is 2.62. The van der Waals surface area contributed by atoms with Crippen molar-refractivity contribution < 1.29 is 14.4 Å². The maximum Gasteiger partial charge on any atom is 0.222 e. The van der Waals surface area contributed by atoms with E-state index in [0.29, 0.717) is 50.9 Å². The average molecular weight is 313 g/mol. The van der Waals surface area contributed by atoms with Crippen LogP contribution in [0.3, 0.4) is 0 Å². The van der Waals surface area contributed by atoms with E-state index >= 15 is 0 Å². The molecule has 22 heavy (non-hydrogen) atoms. The van der Waals surface area contributed by atoms with Gasteiger partial charge in [-0.3, -0.25) is 14.4 Å². The van der Waals surface area contributed by atoms with Crippen molar-refractivity contribution in [2.45, 2.75) is 46.6 Å². The van der Waals surface area contributed by atoms with E-state index in [1.807, 2.05) is 37.5 Å². The molecule has 1 aliphatic heterocycles. The van der Waals surface area contributed by atoms with Crippen molar-refractivity contribution in [1.82, 2.24) is 15.3 Å². The highest BCUT2D eigenvalue weighted by Crippen LogP contribution is 2.13. The molecule has 0 aliphatic carbocycles. The Hall–Kier alpha value is -1.14. The van der Waals surface area contributed by atoms with Crippen LogP contribution in [0.15, 0.2) is 0 Å². The summed E-state index contributed by atoms with van der Waals surface area (Å²) >= 11 is 0. The summed E-state index contributed by atoms with van der Waals surface area (Å²) in [5.41, 5.74) is 2.69. The van der Waals surface area contributed by atoms with Crippen LogP contribution in [0.25, 0.3) is 0 Å². The fraction of sp³-hybridized carbons (Fsp3) is 0.875. The number of amides is 2. The minimum Gasteiger partial charge on any atom is -0.338 e. The van der Waals surface area contributed by atoms with Gasteiger partial charge in [-0.2, -0.15) is 0 Å². The highest BCUT2D eigenvalue weighted by atomic mass is 16.7. The van der Waals surface area contributed by atoms with Crippen molar-refractivity contribution >= 4 is 11.8 Å². The molecule has 1 fully saturated rings. The zero-order chi connectivity index (χ0) is 16.7. The summed E-state index contributed by atoms with van der Waals surface area (Å²) in [6.45, 7) is 10.4. The van der Waals surface area contributed by atoms with Crippen LogP contribution in [-0.4, -0.2) is 60.9 Å². The SMILES string of the molecule is CNOC1CN(C(=O)CC(C)C)CCN(C(=O)CC(C)C)C1. The number of hydroxylamine groups is 1. The van der Waals surface area contributed by atoms with Crippen molar-refractivity contribution in [1.29, 1.82) is 0 Å². The highest BCUT2D eigenvalue weighted by molar-refractivity contribution is 5.78. The number of nitrogens with zero attached hydrogens (tertiary/aromatic N) is 2. The van der Waals surface area contributed by atoms with Gasteiger partial charge in [-0.1, -0.05) is 27.7 Å². The average Bonchev–Trinajstić information content (AvgIpc) is 2.60. The molecule has 128 valence electrons. The summed E-state index contributed by atoms with van der Waals surface area (Å²) in [4.78, 5) is 33.8. The maximum absolute atomic E-state index is 12.3. The summed E-state index contributed by atoms with van der Waals surface area (Å²) in [5.74, 6) is 0.937. The molecule has 0 atom stereocenters.